The smallest absolute Gasteiger partial charge is 0.253 e. The van der Waals surface area contributed by atoms with Gasteiger partial charge < -0.3 is 5.32 Å². The zero-order valence-corrected chi connectivity index (χ0v) is 9.62. The van der Waals surface area contributed by atoms with Crippen LogP contribution in [0.2, 0.25) is 0 Å². The third-order valence-corrected chi connectivity index (χ3v) is 2.48. The topological polar surface area (TPSA) is 29.1 Å². The van der Waals surface area contributed by atoms with Gasteiger partial charge in [-0.05, 0) is 11.6 Å². The van der Waals surface area contributed by atoms with E-state index in [2.05, 4.69) is 11.9 Å². The molecule has 4 heteroatoms. The molecule has 2 nitrogen and oxygen atoms in total. The first-order valence-electron chi connectivity index (χ1n) is 5.28. The van der Waals surface area contributed by atoms with Gasteiger partial charge in [-0.25, -0.2) is 8.78 Å². The summed E-state index contributed by atoms with van der Waals surface area (Å²) >= 11 is 0. The van der Waals surface area contributed by atoms with Gasteiger partial charge in [-0.15, -0.1) is 0 Å². The summed E-state index contributed by atoms with van der Waals surface area (Å²) in [5.41, 5.74) is 0.504. The van der Waals surface area contributed by atoms with Crippen molar-refractivity contribution in [1.29, 1.82) is 0 Å². The van der Waals surface area contributed by atoms with Gasteiger partial charge in [0, 0.05) is 13.5 Å². The molecular formula is C13H15F2NO. The van der Waals surface area contributed by atoms with E-state index in [-0.39, 0.29) is 6.54 Å². The largest absolute Gasteiger partial charge is 0.352 e. The number of carbonyl (C=O) groups excluding carboxylic acids is 1. The zero-order chi connectivity index (χ0) is 12.9. The second-order valence-corrected chi connectivity index (χ2v) is 3.87. The quantitative estimate of drug-likeness (QED) is 0.786. The number of benzene rings is 1. The van der Waals surface area contributed by atoms with E-state index in [1.807, 2.05) is 0 Å². The minimum Gasteiger partial charge on any atom is -0.352 e. The SMILES string of the molecule is C=CC(=O)NCC(c1ccccc1)C(C)(F)F. The Bertz CT molecular complexity index is 384. The summed E-state index contributed by atoms with van der Waals surface area (Å²) < 4.78 is 26.9. The number of carbonyl (C=O) groups is 1. The Balaban J connectivity index is 2.83. The average Bonchev–Trinajstić information content (AvgIpc) is 2.28. The van der Waals surface area contributed by atoms with Gasteiger partial charge in [-0.2, -0.15) is 0 Å². The summed E-state index contributed by atoms with van der Waals surface area (Å²) in [6.45, 7) is 4.01. The first kappa shape index (κ1) is 13.4. The van der Waals surface area contributed by atoms with Crippen LogP contribution in [0.15, 0.2) is 43.0 Å². The molecule has 1 aromatic rings. The van der Waals surface area contributed by atoms with Gasteiger partial charge in [0.25, 0.3) is 5.92 Å². The summed E-state index contributed by atoms with van der Waals surface area (Å²) in [6, 6.07) is 8.41. The lowest BCUT2D eigenvalue weighted by atomic mass is 9.93. The summed E-state index contributed by atoms with van der Waals surface area (Å²) in [7, 11) is 0. The minimum atomic E-state index is -2.89. The van der Waals surface area contributed by atoms with Gasteiger partial charge in [0.1, 0.15) is 0 Å². The number of alkyl halides is 2. The van der Waals surface area contributed by atoms with Crippen LogP contribution in [-0.4, -0.2) is 18.4 Å². The van der Waals surface area contributed by atoms with Gasteiger partial charge in [-0.3, -0.25) is 4.79 Å². The number of hydrogen-bond donors (Lipinski definition) is 1. The van der Waals surface area contributed by atoms with E-state index in [9.17, 15) is 13.6 Å². The molecule has 0 heterocycles. The maximum atomic E-state index is 13.4. The van der Waals surface area contributed by atoms with E-state index in [0.29, 0.717) is 5.56 Å². The van der Waals surface area contributed by atoms with Gasteiger partial charge in [0.2, 0.25) is 5.91 Å². The highest BCUT2D eigenvalue weighted by Crippen LogP contribution is 2.32. The molecule has 1 aromatic carbocycles. The van der Waals surface area contributed by atoms with E-state index in [0.717, 1.165) is 13.0 Å². The van der Waals surface area contributed by atoms with E-state index in [1.165, 1.54) is 0 Å². The minimum absolute atomic E-state index is 0.113. The van der Waals surface area contributed by atoms with E-state index >= 15 is 0 Å². The Morgan fingerprint density at radius 3 is 2.53 bits per heavy atom. The number of hydrogen-bond acceptors (Lipinski definition) is 1. The van der Waals surface area contributed by atoms with Crippen molar-refractivity contribution in [2.45, 2.75) is 18.8 Å². The van der Waals surface area contributed by atoms with Crippen LogP contribution in [0.4, 0.5) is 8.78 Å². The average molecular weight is 239 g/mol. The molecular weight excluding hydrogens is 224 g/mol. The fraction of sp³-hybridized carbons (Fsp3) is 0.308. The maximum Gasteiger partial charge on any atom is 0.253 e. The highest BCUT2D eigenvalue weighted by molar-refractivity contribution is 5.86. The van der Waals surface area contributed by atoms with Crippen molar-refractivity contribution in [2.75, 3.05) is 6.54 Å². The van der Waals surface area contributed by atoms with Crippen molar-refractivity contribution in [1.82, 2.24) is 5.32 Å². The third-order valence-electron chi connectivity index (χ3n) is 2.48. The predicted molar refractivity (Wildman–Crippen MR) is 63.0 cm³/mol. The predicted octanol–water partition coefficient (Wildman–Crippen LogP) is 2.73. The Morgan fingerprint density at radius 2 is 2.06 bits per heavy atom. The summed E-state index contributed by atoms with van der Waals surface area (Å²) in [5, 5.41) is 2.40. The number of halogens is 2. The van der Waals surface area contributed by atoms with Crippen LogP contribution in [0.1, 0.15) is 18.4 Å². The number of amides is 1. The molecule has 0 saturated carbocycles. The van der Waals surface area contributed by atoms with Gasteiger partial charge in [-0.1, -0.05) is 36.9 Å². The normalized spacial score (nSPS) is 12.9. The molecule has 0 aromatic heterocycles. The van der Waals surface area contributed by atoms with E-state index in [1.54, 1.807) is 30.3 Å². The number of nitrogens with one attached hydrogen (secondary N) is 1. The van der Waals surface area contributed by atoms with Crippen LogP contribution in [0.25, 0.3) is 0 Å². The molecule has 0 spiro atoms. The van der Waals surface area contributed by atoms with Crippen LogP contribution in [0, 0.1) is 0 Å². The monoisotopic (exact) mass is 239 g/mol. The molecule has 0 saturated heterocycles. The third kappa shape index (κ3) is 3.98. The van der Waals surface area contributed by atoms with Crippen molar-refractivity contribution >= 4 is 5.91 Å². The van der Waals surface area contributed by atoms with Crippen LogP contribution in [-0.2, 0) is 4.79 Å². The molecule has 0 aliphatic carbocycles. The first-order valence-corrected chi connectivity index (χ1v) is 5.28. The van der Waals surface area contributed by atoms with E-state index < -0.39 is 17.7 Å². The highest BCUT2D eigenvalue weighted by atomic mass is 19.3. The molecule has 0 fully saturated rings. The van der Waals surface area contributed by atoms with Gasteiger partial charge >= 0.3 is 0 Å². The van der Waals surface area contributed by atoms with Crippen LogP contribution >= 0.6 is 0 Å². The molecule has 1 rings (SSSR count). The Kier molecular flexibility index (Phi) is 4.37. The fourth-order valence-corrected chi connectivity index (χ4v) is 1.55. The maximum absolute atomic E-state index is 13.4. The molecule has 0 radical (unpaired) electrons. The van der Waals surface area contributed by atoms with Crippen LogP contribution < -0.4 is 5.32 Å². The van der Waals surface area contributed by atoms with Crippen LogP contribution in [0.5, 0.6) is 0 Å². The van der Waals surface area contributed by atoms with Crippen molar-refractivity contribution in [3.63, 3.8) is 0 Å². The molecule has 92 valence electrons. The lowest BCUT2D eigenvalue weighted by Gasteiger charge is -2.24. The zero-order valence-electron chi connectivity index (χ0n) is 9.62. The molecule has 0 aliphatic heterocycles. The first-order chi connectivity index (χ1) is 7.95. The molecule has 0 aliphatic rings. The second-order valence-electron chi connectivity index (χ2n) is 3.87. The summed E-state index contributed by atoms with van der Waals surface area (Å²) in [4.78, 5) is 11.0. The Hall–Kier alpha value is -1.71. The fourth-order valence-electron chi connectivity index (χ4n) is 1.55. The van der Waals surface area contributed by atoms with Crippen molar-refractivity contribution in [3.05, 3.63) is 48.6 Å². The Morgan fingerprint density at radius 1 is 1.47 bits per heavy atom. The van der Waals surface area contributed by atoms with Crippen molar-refractivity contribution in [3.8, 4) is 0 Å². The van der Waals surface area contributed by atoms with Crippen molar-refractivity contribution in [2.24, 2.45) is 0 Å². The highest BCUT2D eigenvalue weighted by Gasteiger charge is 2.35. The standard InChI is InChI=1S/C13H15F2NO/c1-3-12(17)16-9-11(13(2,14)15)10-7-5-4-6-8-10/h3-8,11H,1,9H2,2H3,(H,16,17). The second kappa shape index (κ2) is 5.57. The summed E-state index contributed by atoms with van der Waals surface area (Å²) in [6.07, 6.45) is 1.07. The van der Waals surface area contributed by atoms with Gasteiger partial charge in [0.15, 0.2) is 0 Å². The van der Waals surface area contributed by atoms with Crippen LogP contribution in [0.3, 0.4) is 0 Å². The van der Waals surface area contributed by atoms with Gasteiger partial charge in [0.05, 0.1) is 5.92 Å². The Labute approximate surface area is 99.3 Å². The molecule has 1 atom stereocenters. The van der Waals surface area contributed by atoms with E-state index in [4.69, 9.17) is 0 Å². The van der Waals surface area contributed by atoms with Crippen molar-refractivity contribution < 1.29 is 13.6 Å². The lowest BCUT2D eigenvalue weighted by Crippen LogP contribution is -2.34. The number of rotatable bonds is 5. The molecule has 1 amide bonds. The molecule has 0 bridgehead atoms. The lowest BCUT2D eigenvalue weighted by molar-refractivity contribution is -0.116. The summed E-state index contributed by atoms with van der Waals surface area (Å²) in [5.74, 6) is -4.38. The molecule has 1 N–H and O–H groups in total. The molecule has 17 heavy (non-hydrogen) atoms. The molecule has 1 unspecified atom stereocenters.